The van der Waals surface area contributed by atoms with Gasteiger partial charge in [-0.25, -0.2) is 4.79 Å². The fourth-order valence-corrected chi connectivity index (χ4v) is 2.50. The molecule has 3 nitrogen and oxygen atoms in total. The molecule has 0 fully saturated rings. The van der Waals surface area contributed by atoms with Gasteiger partial charge >= 0.3 is 5.97 Å². The Morgan fingerprint density at radius 2 is 1.36 bits per heavy atom. The number of carbonyl (C=O) groups is 1. The zero-order chi connectivity index (χ0) is 18.5. The summed E-state index contributed by atoms with van der Waals surface area (Å²) in [6.45, 7) is 20.4. The van der Waals surface area contributed by atoms with E-state index >= 15 is 0 Å². The lowest BCUT2D eigenvalue weighted by Crippen LogP contribution is -2.28. The van der Waals surface area contributed by atoms with Crippen LogP contribution in [0.2, 0.25) is 0 Å². The first-order valence-corrected chi connectivity index (χ1v) is 9.04. The lowest BCUT2D eigenvalue weighted by Gasteiger charge is -2.26. The monoisotopic (exact) mass is 369 g/mol. The maximum atomic E-state index is 12.5. The maximum Gasteiger partial charge on any atom is 0.338 e. The summed E-state index contributed by atoms with van der Waals surface area (Å²) in [5, 5.41) is 0. The number of hydrogen-bond acceptors (Lipinski definition) is 3. The Bertz CT molecular complexity index is 520. The number of nitrogens with zero attached hydrogens (tertiary/aromatic N) is 1. The van der Waals surface area contributed by atoms with Gasteiger partial charge in [0.25, 0.3) is 0 Å². The maximum absolute atomic E-state index is 12.5. The highest BCUT2D eigenvalue weighted by molar-refractivity contribution is 5.90. The topological polar surface area (TPSA) is 29.5 Å². The molecule has 0 saturated heterocycles. The van der Waals surface area contributed by atoms with Crippen molar-refractivity contribution in [3.63, 3.8) is 0 Å². The van der Waals surface area contributed by atoms with Crippen LogP contribution in [0.15, 0.2) is 18.2 Å². The van der Waals surface area contributed by atoms with E-state index in [1.54, 1.807) is 0 Å². The van der Waals surface area contributed by atoms with Crippen molar-refractivity contribution in [1.82, 2.24) is 4.90 Å². The smallest absolute Gasteiger partial charge is 0.338 e. The predicted octanol–water partition coefficient (Wildman–Crippen LogP) is 5.20. The highest BCUT2D eigenvalue weighted by atomic mass is 35.5. The predicted molar refractivity (Wildman–Crippen MR) is 109 cm³/mol. The third kappa shape index (κ3) is 7.37. The second-order valence-electron chi connectivity index (χ2n) is 8.46. The number of carbonyl (C=O) groups excluding carboxylic acids is 1. The standard InChI is InChI=1S/C21H35NO2.ClH/c1-9-22(10-2)11-12-24-19(23)16-13-17(20(3,4)5)15-18(14-16)21(6,7)8;/h13-15H,9-12H2,1-8H3;1H. The molecule has 0 heterocycles. The van der Waals surface area contributed by atoms with Gasteiger partial charge in [-0.05, 0) is 47.2 Å². The van der Waals surface area contributed by atoms with E-state index in [0.29, 0.717) is 12.2 Å². The highest BCUT2D eigenvalue weighted by Crippen LogP contribution is 2.30. The van der Waals surface area contributed by atoms with E-state index in [1.807, 2.05) is 12.1 Å². The van der Waals surface area contributed by atoms with E-state index in [0.717, 1.165) is 19.6 Å². The van der Waals surface area contributed by atoms with Crippen LogP contribution in [0.5, 0.6) is 0 Å². The van der Waals surface area contributed by atoms with Crippen LogP contribution in [0.3, 0.4) is 0 Å². The van der Waals surface area contributed by atoms with E-state index in [2.05, 4.69) is 66.4 Å². The molecular formula is C21H36ClNO2. The van der Waals surface area contributed by atoms with Crippen molar-refractivity contribution in [2.75, 3.05) is 26.2 Å². The van der Waals surface area contributed by atoms with Gasteiger partial charge in [-0.3, -0.25) is 0 Å². The summed E-state index contributed by atoms with van der Waals surface area (Å²) in [7, 11) is 0. The van der Waals surface area contributed by atoms with Crippen molar-refractivity contribution in [3.8, 4) is 0 Å². The molecule has 25 heavy (non-hydrogen) atoms. The Morgan fingerprint density at radius 1 is 0.920 bits per heavy atom. The van der Waals surface area contributed by atoms with E-state index in [-0.39, 0.29) is 29.2 Å². The Balaban J connectivity index is 0.00000576. The first-order valence-electron chi connectivity index (χ1n) is 9.04. The molecule has 0 aliphatic rings. The van der Waals surface area contributed by atoms with E-state index < -0.39 is 0 Å². The zero-order valence-electron chi connectivity index (χ0n) is 17.2. The molecule has 1 aromatic carbocycles. The van der Waals surface area contributed by atoms with Crippen molar-refractivity contribution >= 4 is 18.4 Å². The van der Waals surface area contributed by atoms with Crippen LogP contribution in [0.4, 0.5) is 0 Å². The third-order valence-electron chi connectivity index (χ3n) is 4.44. The second kappa shape index (κ2) is 9.59. The van der Waals surface area contributed by atoms with Crippen molar-refractivity contribution in [2.24, 2.45) is 0 Å². The summed E-state index contributed by atoms with van der Waals surface area (Å²) in [4.78, 5) is 14.8. The van der Waals surface area contributed by atoms with Crippen LogP contribution in [0.1, 0.15) is 76.9 Å². The Labute approximate surface area is 160 Å². The summed E-state index contributed by atoms with van der Waals surface area (Å²) >= 11 is 0. The molecule has 0 saturated carbocycles. The first-order chi connectivity index (χ1) is 11.0. The van der Waals surface area contributed by atoms with Gasteiger partial charge in [-0.2, -0.15) is 0 Å². The number of halogens is 1. The van der Waals surface area contributed by atoms with Crippen molar-refractivity contribution in [2.45, 2.75) is 66.2 Å². The van der Waals surface area contributed by atoms with Gasteiger partial charge in [-0.15, -0.1) is 12.4 Å². The fraction of sp³-hybridized carbons (Fsp3) is 0.667. The number of hydrogen-bond donors (Lipinski definition) is 0. The summed E-state index contributed by atoms with van der Waals surface area (Å²) < 4.78 is 5.52. The van der Waals surface area contributed by atoms with Gasteiger partial charge < -0.3 is 9.64 Å². The van der Waals surface area contributed by atoms with Gasteiger partial charge in [0.05, 0.1) is 5.56 Å². The quantitative estimate of drug-likeness (QED) is 0.645. The van der Waals surface area contributed by atoms with Gasteiger partial charge in [0.15, 0.2) is 0 Å². The molecule has 0 unspecified atom stereocenters. The van der Waals surface area contributed by atoms with Crippen LogP contribution in [0, 0.1) is 0 Å². The van der Waals surface area contributed by atoms with E-state index in [4.69, 9.17) is 4.74 Å². The lowest BCUT2D eigenvalue weighted by atomic mass is 9.79. The van der Waals surface area contributed by atoms with Crippen LogP contribution in [-0.2, 0) is 15.6 Å². The number of likely N-dealkylation sites (N-methyl/N-ethyl adjacent to an activating group) is 1. The molecule has 1 rings (SSSR count). The molecule has 0 aliphatic heterocycles. The minimum Gasteiger partial charge on any atom is -0.461 e. The summed E-state index contributed by atoms with van der Waals surface area (Å²) in [5.41, 5.74) is 3.00. The molecule has 0 bridgehead atoms. The molecule has 4 heteroatoms. The molecule has 0 atom stereocenters. The molecule has 0 N–H and O–H groups in total. The minimum atomic E-state index is -0.223. The zero-order valence-corrected chi connectivity index (χ0v) is 18.0. The second-order valence-corrected chi connectivity index (χ2v) is 8.46. The molecule has 144 valence electrons. The largest absolute Gasteiger partial charge is 0.461 e. The lowest BCUT2D eigenvalue weighted by molar-refractivity contribution is 0.0466. The van der Waals surface area contributed by atoms with E-state index in [1.165, 1.54) is 11.1 Å². The molecule has 0 aromatic heterocycles. The van der Waals surface area contributed by atoms with Gasteiger partial charge in [-0.1, -0.05) is 61.5 Å². The van der Waals surface area contributed by atoms with Crippen molar-refractivity contribution < 1.29 is 9.53 Å². The van der Waals surface area contributed by atoms with Gasteiger partial charge in [0, 0.05) is 6.54 Å². The fourth-order valence-electron chi connectivity index (χ4n) is 2.50. The average Bonchev–Trinajstić information content (AvgIpc) is 2.49. The van der Waals surface area contributed by atoms with Gasteiger partial charge in [0.2, 0.25) is 0 Å². The Kier molecular flexibility index (Phi) is 9.18. The minimum absolute atomic E-state index is 0. The van der Waals surface area contributed by atoms with Crippen LogP contribution in [0.25, 0.3) is 0 Å². The van der Waals surface area contributed by atoms with Crippen LogP contribution >= 0.6 is 12.4 Å². The Hall–Kier alpha value is -1.06. The average molecular weight is 370 g/mol. The normalized spacial score (nSPS) is 12.0. The van der Waals surface area contributed by atoms with Crippen LogP contribution in [-0.4, -0.2) is 37.1 Å². The van der Waals surface area contributed by atoms with Crippen molar-refractivity contribution in [1.29, 1.82) is 0 Å². The molecule has 0 spiro atoms. The summed E-state index contributed by atoms with van der Waals surface area (Å²) in [5.74, 6) is -0.223. The number of esters is 1. The van der Waals surface area contributed by atoms with E-state index in [9.17, 15) is 4.79 Å². The van der Waals surface area contributed by atoms with Crippen LogP contribution < -0.4 is 0 Å². The Morgan fingerprint density at radius 3 is 1.72 bits per heavy atom. The van der Waals surface area contributed by atoms with Crippen molar-refractivity contribution in [3.05, 3.63) is 34.9 Å². The number of benzene rings is 1. The molecule has 1 aromatic rings. The first kappa shape index (κ1) is 23.9. The number of ether oxygens (including phenoxy) is 1. The summed E-state index contributed by atoms with van der Waals surface area (Å²) in [6, 6.07) is 6.18. The highest BCUT2D eigenvalue weighted by Gasteiger charge is 2.22. The number of rotatable bonds is 6. The molecular weight excluding hydrogens is 334 g/mol. The molecule has 0 aliphatic carbocycles. The van der Waals surface area contributed by atoms with Gasteiger partial charge in [0.1, 0.15) is 6.61 Å². The SMILES string of the molecule is CCN(CC)CCOC(=O)c1cc(C(C)(C)C)cc(C(C)(C)C)c1.Cl. The molecule has 0 radical (unpaired) electrons. The molecule has 0 amide bonds. The summed E-state index contributed by atoms with van der Waals surface area (Å²) in [6.07, 6.45) is 0. The third-order valence-corrected chi connectivity index (χ3v) is 4.44.